The topological polar surface area (TPSA) is 29.5 Å². The number of hydrogen-bond donors (Lipinski definition) is 1. The first kappa shape index (κ1) is 11.9. The fourth-order valence-electron chi connectivity index (χ4n) is 2.10. The van der Waals surface area contributed by atoms with Gasteiger partial charge in [0.05, 0.1) is 5.60 Å². The van der Waals surface area contributed by atoms with E-state index >= 15 is 0 Å². The van der Waals surface area contributed by atoms with Crippen LogP contribution in [0.2, 0.25) is 0 Å². The van der Waals surface area contributed by atoms with Crippen LogP contribution in [0.25, 0.3) is 0 Å². The van der Waals surface area contributed by atoms with Gasteiger partial charge in [-0.15, -0.1) is 0 Å². The zero-order valence-electron chi connectivity index (χ0n) is 9.29. The summed E-state index contributed by atoms with van der Waals surface area (Å²) in [5.41, 5.74) is -0.606. The second kappa shape index (κ2) is 5.19. The Morgan fingerprint density at radius 2 is 1.75 bits per heavy atom. The summed E-state index contributed by atoms with van der Waals surface area (Å²) in [6.07, 6.45) is 5.19. The molecule has 1 fully saturated rings. The quantitative estimate of drug-likeness (QED) is 0.920. The Hall–Kier alpha value is -0.540. The van der Waals surface area contributed by atoms with Gasteiger partial charge in [0.25, 0.3) is 0 Å². The third-order valence-corrected chi connectivity index (χ3v) is 3.63. The van der Waals surface area contributed by atoms with Crippen molar-refractivity contribution < 1.29 is 9.84 Å². The number of ether oxygens (including phenoxy) is 1. The van der Waals surface area contributed by atoms with E-state index in [9.17, 15) is 5.11 Å². The zero-order chi connectivity index (χ0) is 11.4. The molecular weight excluding hydrogens is 268 g/mol. The van der Waals surface area contributed by atoms with Crippen LogP contribution < -0.4 is 4.74 Å². The van der Waals surface area contributed by atoms with Gasteiger partial charge in [-0.25, -0.2) is 0 Å². The van der Waals surface area contributed by atoms with Gasteiger partial charge in [-0.3, -0.25) is 0 Å². The van der Waals surface area contributed by atoms with Gasteiger partial charge in [0, 0.05) is 4.47 Å². The molecule has 0 unspecified atom stereocenters. The standard InChI is InChI=1S/C13H17BrO2/c14-11-4-6-12(7-5-11)16-10-13(15)8-2-1-3-9-13/h4-7,15H,1-3,8-10H2. The SMILES string of the molecule is OC1(COc2ccc(Br)cc2)CCCCC1. The fraction of sp³-hybridized carbons (Fsp3) is 0.538. The predicted molar refractivity (Wildman–Crippen MR) is 67.7 cm³/mol. The van der Waals surface area contributed by atoms with E-state index in [-0.39, 0.29) is 0 Å². The van der Waals surface area contributed by atoms with Crippen LogP contribution in [-0.2, 0) is 0 Å². The maximum absolute atomic E-state index is 10.3. The first-order chi connectivity index (χ1) is 7.68. The Labute approximate surface area is 105 Å². The average Bonchev–Trinajstić information content (AvgIpc) is 2.29. The van der Waals surface area contributed by atoms with E-state index in [0.29, 0.717) is 6.61 Å². The normalized spacial score (nSPS) is 19.4. The molecule has 0 amide bonds. The molecule has 1 saturated carbocycles. The highest BCUT2D eigenvalue weighted by Crippen LogP contribution is 2.29. The van der Waals surface area contributed by atoms with E-state index in [0.717, 1.165) is 35.9 Å². The van der Waals surface area contributed by atoms with E-state index < -0.39 is 5.60 Å². The Kier molecular flexibility index (Phi) is 3.87. The Balaban J connectivity index is 1.88. The molecule has 1 aromatic carbocycles. The molecule has 1 aliphatic carbocycles. The number of halogens is 1. The predicted octanol–water partition coefficient (Wildman–Crippen LogP) is 3.52. The molecule has 2 nitrogen and oxygen atoms in total. The number of benzene rings is 1. The third-order valence-electron chi connectivity index (χ3n) is 3.11. The van der Waals surface area contributed by atoms with Crippen molar-refractivity contribution in [2.75, 3.05) is 6.61 Å². The molecule has 0 spiro atoms. The van der Waals surface area contributed by atoms with Gasteiger partial charge in [-0.2, -0.15) is 0 Å². The van der Waals surface area contributed by atoms with Crippen LogP contribution >= 0.6 is 15.9 Å². The Morgan fingerprint density at radius 3 is 2.38 bits per heavy atom. The van der Waals surface area contributed by atoms with Crippen molar-refractivity contribution in [2.45, 2.75) is 37.7 Å². The summed E-state index contributed by atoms with van der Waals surface area (Å²) in [7, 11) is 0. The summed E-state index contributed by atoms with van der Waals surface area (Å²) < 4.78 is 6.67. The Bertz CT molecular complexity index is 328. The maximum atomic E-state index is 10.3. The highest BCUT2D eigenvalue weighted by molar-refractivity contribution is 9.10. The molecule has 0 aromatic heterocycles. The van der Waals surface area contributed by atoms with Gasteiger partial charge in [-0.1, -0.05) is 35.2 Å². The fourth-order valence-corrected chi connectivity index (χ4v) is 2.37. The molecule has 0 aliphatic heterocycles. The lowest BCUT2D eigenvalue weighted by Gasteiger charge is -2.31. The third kappa shape index (κ3) is 3.22. The van der Waals surface area contributed by atoms with Gasteiger partial charge >= 0.3 is 0 Å². The van der Waals surface area contributed by atoms with Gasteiger partial charge in [-0.05, 0) is 37.1 Å². The lowest BCUT2D eigenvalue weighted by Crippen LogP contribution is -2.37. The molecule has 1 N–H and O–H groups in total. The summed E-state index contributed by atoms with van der Waals surface area (Å²) in [4.78, 5) is 0. The molecule has 0 saturated heterocycles. The lowest BCUT2D eigenvalue weighted by molar-refractivity contribution is -0.0339. The van der Waals surface area contributed by atoms with Gasteiger partial charge < -0.3 is 9.84 Å². The van der Waals surface area contributed by atoms with Crippen molar-refractivity contribution in [3.8, 4) is 5.75 Å². The second-order valence-corrected chi connectivity index (χ2v) is 5.44. The minimum atomic E-state index is -0.606. The van der Waals surface area contributed by atoms with Gasteiger partial charge in [0.2, 0.25) is 0 Å². The van der Waals surface area contributed by atoms with Gasteiger partial charge in [0.1, 0.15) is 12.4 Å². The van der Waals surface area contributed by atoms with Crippen molar-refractivity contribution in [1.29, 1.82) is 0 Å². The highest BCUT2D eigenvalue weighted by atomic mass is 79.9. The summed E-state index contributed by atoms with van der Waals surface area (Å²) in [5.74, 6) is 0.821. The van der Waals surface area contributed by atoms with Crippen LogP contribution in [0.15, 0.2) is 28.7 Å². The van der Waals surface area contributed by atoms with Crippen LogP contribution in [0.5, 0.6) is 5.75 Å². The largest absolute Gasteiger partial charge is 0.491 e. The monoisotopic (exact) mass is 284 g/mol. The summed E-state index contributed by atoms with van der Waals surface area (Å²) in [5, 5.41) is 10.3. The van der Waals surface area contributed by atoms with E-state index in [1.165, 1.54) is 6.42 Å². The number of hydrogen-bond acceptors (Lipinski definition) is 2. The molecule has 2 rings (SSSR count). The van der Waals surface area contributed by atoms with E-state index in [1.807, 2.05) is 24.3 Å². The van der Waals surface area contributed by atoms with E-state index in [4.69, 9.17) is 4.74 Å². The summed E-state index contributed by atoms with van der Waals surface area (Å²) in [6.45, 7) is 0.411. The molecule has 3 heteroatoms. The van der Waals surface area contributed by atoms with E-state index in [2.05, 4.69) is 15.9 Å². The smallest absolute Gasteiger partial charge is 0.119 e. The molecule has 1 aromatic rings. The second-order valence-electron chi connectivity index (χ2n) is 4.53. The van der Waals surface area contributed by atoms with Crippen LogP contribution in [0.1, 0.15) is 32.1 Å². The molecule has 0 bridgehead atoms. The molecule has 16 heavy (non-hydrogen) atoms. The average molecular weight is 285 g/mol. The molecule has 0 radical (unpaired) electrons. The highest BCUT2D eigenvalue weighted by Gasteiger charge is 2.29. The van der Waals surface area contributed by atoms with Crippen LogP contribution in [0.4, 0.5) is 0 Å². The number of rotatable bonds is 3. The lowest BCUT2D eigenvalue weighted by atomic mass is 9.85. The minimum absolute atomic E-state index is 0.411. The Morgan fingerprint density at radius 1 is 1.12 bits per heavy atom. The van der Waals surface area contributed by atoms with Crippen molar-refractivity contribution >= 4 is 15.9 Å². The number of aliphatic hydroxyl groups is 1. The molecule has 1 aliphatic rings. The van der Waals surface area contributed by atoms with Crippen molar-refractivity contribution in [3.05, 3.63) is 28.7 Å². The summed E-state index contributed by atoms with van der Waals surface area (Å²) >= 11 is 3.38. The van der Waals surface area contributed by atoms with Crippen molar-refractivity contribution in [3.63, 3.8) is 0 Å². The van der Waals surface area contributed by atoms with Crippen LogP contribution in [-0.4, -0.2) is 17.3 Å². The molecule has 88 valence electrons. The summed E-state index contributed by atoms with van der Waals surface area (Å²) in [6, 6.07) is 7.72. The first-order valence-corrected chi connectivity index (χ1v) is 6.58. The van der Waals surface area contributed by atoms with Crippen molar-refractivity contribution in [2.24, 2.45) is 0 Å². The van der Waals surface area contributed by atoms with Crippen LogP contribution in [0.3, 0.4) is 0 Å². The van der Waals surface area contributed by atoms with E-state index in [1.54, 1.807) is 0 Å². The first-order valence-electron chi connectivity index (χ1n) is 5.79. The molecule has 0 heterocycles. The molecule has 0 atom stereocenters. The van der Waals surface area contributed by atoms with Crippen LogP contribution in [0, 0.1) is 0 Å². The minimum Gasteiger partial charge on any atom is -0.491 e. The van der Waals surface area contributed by atoms with Crippen molar-refractivity contribution in [1.82, 2.24) is 0 Å². The molecular formula is C13H17BrO2. The van der Waals surface area contributed by atoms with Gasteiger partial charge in [0.15, 0.2) is 0 Å². The maximum Gasteiger partial charge on any atom is 0.119 e. The zero-order valence-corrected chi connectivity index (χ0v) is 10.9.